The zero-order chi connectivity index (χ0) is 18.6. The van der Waals surface area contributed by atoms with Gasteiger partial charge in [0, 0.05) is 0 Å². The molecule has 1 aliphatic heterocycles. The summed E-state index contributed by atoms with van der Waals surface area (Å²) in [6.45, 7) is 1.88. The molecule has 1 saturated heterocycles. The van der Waals surface area contributed by atoms with E-state index in [0.29, 0.717) is 16.5 Å². The number of nitrogens with one attached hydrogen (secondary N) is 1. The second-order valence-corrected chi connectivity index (χ2v) is 7.92. The molecule has 134 valence electrons. The van der Waals surface area contributed by atoms with Gasteiger partial charge in [0.15, 0.2) is 5.17 Å². The average molecular weight is 389 g/mol. The molecule has 0 atom stereocenters. The lowest BCUT2D eigenvalue weighted by atomic mass is 10.2. The van der Waals surface area contributed by atoms with E-state index in [0.717, 1.165) is 5.56 Å². The number of amides is 1. The van der Waals surface area contributed by atoms with Crippen LogP contribution in [0.25, 0.3) is 0 Å². The maximum Gasteiger partial charge on any atom is 0.339 e. The highest BCUT2D eigenvalue weighted by molar-refractivity contribution is 8.15. The first-order chi connectivity index (χ1) is 12.4. The van der Waals surface area contributed by atoms with Crippen molar-refractivity contribution >= 4 is 39.2 Å². The van der Waals surface area contributed by atoms with E-state index >= 15 is 0 Å². The molecule has 2 aromatic carbocycles. The summed E-state index contributed by atoms with van der Waals surface area (Å²) in [4.78, 5) is 11.1. The van der Waals surface area contributed by atoms with Crippen LogP contribution in [0.15, 0.2) is 63.6 Å². The Balaban J connectivity index is 1.66. The van der Waals surface area contributed by atoms with Gasteiger partial charge in [0.25, 0.3) is 0 Å². The Kier molecular flexibility index (Phi) is 5.38. The van der Waals surface area contributed by atoms with Gasteiger partial charge >= 0.3 is 10.1 Å². The number of hydrogen-bond donors (Lipinski definition) is 1. The number of rotatable bonds is 5. The van der Waals surface area contributed by atoms with E-state index in [4.69, 9.17) is 4.18 Å². The summed E-state index contributed by atoms with van der Waals surface area (Å²) in [6.07, 6.45) is 1.50. The third kappa shape index (κ3) is 4.70. The van der Waals surface area contributed by atoms with E-state index in [1.165, 1.54) is 42.2 Å². The Hall–Kier alpha value is -2.65. The lowest BCUT2D eigenvalue weighted by molar-refractivity contribution is -0.116. The van der Waals surface area contributed by atoms with E-state index in [-0.39, 0.29) is 16.6 Å². The molecule has 9 heteroatoms. The summed E-state index contributed by atoms with van der Waals surface area (Å²) in [7, 11) is -3.87. The van der Waals surface area contributed by atoms with Gasteiger partial charge in [-0.2, -0.15) is 13.5 Å². The van der Waals surface area contributed by atoms with Crippen LogP contribution in [0.4, 0.5) is 0 Å². The first kappa shape index (κ1) is 18.2. The highest BCUT2D eigenvalue weighted by atomic mass is 32.2. The first-order valence-electron chi connectivity index (χ1n) is 7.57. The quantitative estimate of drug-likeness (QED) is 0.481. The van der Waals surface area contributed by atoms with Crippen molar-refractivity contribution in [1.82, 2.24) is 5.32 Å². The van der Waals surface area contributed by atoms with Crippen LogP contribution in [0.3, 0.4) is 0 Å². The highest BCUT2D eigenvalue weighted by Crippen LogP contribution is 2.19. The second kappa shape index (κ2) is 7.71. The molecule has 2 aromatic rings. The van der Waals surface area contributed by atoms with Gasteiger partial charge in [-0.25, -0.2) is 0 Å². The van der Waals surface area contributed by atoms with Crippen molar-refractivity contribution in [2.24, 2.45) is 10.2 Å². The average Bonchev–Trinajstić information content (AvgIpc) is 3.02. The molecule has 7 nitrogen and oxygen atoms in total. The molecule has 1 fully saturated rings. The number of benzene rings is 2. The molecule has 1 amide bonds. The van der Waals surface area contributed by atoms with Gasteiger partial charge in [0.2, 0.25) is 5.91 Å². The Morgan fingerprint density at radius 3 is 2.42 bits per heavy atom. The van der Waals surface area contributed by atoms with Gasteiger partial charge in [-0.3, -0.25) is 4.79 Å². The van der Waals surface area contributed by atoms with Crippen molar-refractivity contribution in [3.8, 4) is 5.75 Å². The summed E-state index contributed by atoms with van der Waals surface area (Å²) < 4.78 is 29.6. The molecular weight excluding hydrogens is 374 g/mol. The SMILES string of the molecule is Cc1ccc(S(=O)(=O)Oc2ccc(C=N/N=C3/NC(=O)CS3)cc2)cc1. The fourth-order valence-electron chi connectivity index (χ4n) is 2.02. The topological polar surface area (TPSA) is 97.2 Å². The van der Waals surface area contributed by atoms with E-state index in [9.17, 15) is 13.2 Å². The Labute approximate surface area is 155 Å². The van der Waals surface area contributed by atoms with Gasteiger partial charge in [-0.05, 0) is 48.9 Å². The van der Waals surface area contributed by atoms with Crippen LogP contribution in [0.1, 0.15) is 11.1 Å². The molecule has 1 aliphatic rings. The van der Waals surface area contributed by atoms with E-state index in [1.54, 1.807) is 24.3 Å². The highest BCUT2D eigenvalue weighted by Gasteiger charge is 2.17. The van der Waals surface area contributed by atoms with Crippen LogP contribution in [0, 0.1) is 6.92 Å². The summed E-state index contributed by atoms with van der Waals surface area (Å²) in [5.41, 5.74) is 1.68. The smallest absolute Gasteiger partial charge is 0.339 e. The number of nitrogens with zero attached hydrogens (tertiary/aromatic N) is 2. The van der Waals surface area contributed by atoms with Crippen LogP contribution >= 0.6 is 11.8 Å². The van der Waals surface area contributed by atoms with Crippen LogP contribution in [-0.4, -0.2) is 31.5 Å². The van der Waals surface area contributed by atoms with Gasteiger partial charge in [-0.1, -0.05) is 29.5 Å². The van der Waals surface area contributed by atoms with Gasteiger partial charge in [-0.15, -0.1) is 5.10 Å². The molecular formula is C17H15N3O4S2. The van der Waals surface area contributed by atoms with E-state index in [2.05, 4.69) is 15.5 Å². The number of aryl methyl sites for hydroxylation is 1. The lowest BCUT2D eigenvalue weighted by Gasteiger charge is -2.07. The van der Waals surface area contributed by atoms with E-state index < -0.39 is 10.1 Å². The molecule has 0 radical (unpaired) electrons. The predicted molar refractivity (Wildman–Crippen MR) is 101 cm³/mol. The van der Waals surface area contributed by atoms with Crippen molar-refractivity contribution in [3.63, 3.8) is 0 Å². The maximum atomic E-state index is 12.2. The molecule has 0 aromatic heterocycles. The zero-order valence-electron chi connectivity index (χ0n) is 13.7. The third-order valence-corrected chi connectivity index (χ3v) is 5.46. The maximum absolute atomic E-state index is 12.2. The minimum atomic E-state index is -3.87. The van der Waals surface area contributed by atoms with Gasteiger partial charge in [0.05, 0.1) is 12.0 Å². The Morgan fingerprint density at radius 2 is 1.81 bits per heavy atom. The molecule has 0 bridgehead atoms. The molecule has 0 spiro atoms. The van der Waals surface area contributed by atoms with Crippen LogP contribution in [-0.2, 0) is 14.9 Å². The standard InChI is InChI=1S/C17H15N3O4S2/c1-12-2-8-15(9-3-12)26(22,23)24-14-6-4-13(5-7-14)10-18-20-17-19-16(21)11-25-17/h2-10H,11H2,1H3,(H,19,20,21). The number of amidine groups is 1. The Bertz CT molecular complexity index is 966. The molecule has 26 heavy (non-hydrogen) atoms. The monoisotopic (exact) mass is 389 g/mol. The van der Waals surface area contributed by atoms with Crippen LogP contribution < -0.4 is 9.50 Å². The molecule has 0 unspecified atom stereocenters. The van der Waals surface area contributed by atoms with Crippen molar-refractivity contribution in [1.29, 1.82) is 0 Å². The fourth-order valence-corrected chi connectivity index (χ4v) is 3.58. The van der Waals surface area contributed by atoms with Gasteiger partial charge in [0.1, 0.15) is 10.6 Å². The predicted octanol–water partition coefficient (Wildman–Crippen LogP) is 2.32. The van der Waals surface area contributed by atoms with E-state index in [1.807, 2.05) is 6.92 Å². The second-order valence-electron chi connectivity index (χ2n) is 5.41. The zero-order valence-corrected chi connectivity index (χ0v) is 15.4. The summed E-state index contributed by atoms with van der Waals surface area (Å²) in [5, 5.41) is 10.8. The summed E-state index contributed by atoms with van der Waals surface area (Å²) in [5.74, 6) is 0.448. The minimum Gasteiger partial charge on any atom is -0.379 e. The minimum absolute atomic E-state index is 0.0970. The number of hydrogen-bond acceptors (Lipinski definition) is 7. The van der Waals surface area contributed by atoms with Gasteiger partial charge < -0.3 is 9.50 Å². The number of thioether (sulfide) groups is 1. The summed E-state index contributed by atoms with van der Waals surface area (Å²) >= 11 is 1.28. The van der Waals surface area contributed by atoms with Crippen molar-refractivity contribution in [2.45, 2.75) is 11.8 Å². The van der Waals surface area contributed by atoms with Crippen LogP contribution in [0.2, 0.25) is 0 Å². The number of carbonyl (C=O) groups excluding carboxylic acids is 1. The molecule has 3 rings (SSSR count). The van der Waals surface area contributed by atoms with Crippen LogP contribution in [0.5, 0.6) is 5.75 Å². The van der Waals surface area contributed by atoms with Crippen molar-refractivity contribution in [3.05, 3.63) is 59.7 Å². The summed E-state index contributed by atoms with van der Waals surface area (Å²) in [6, 6.07) is 12.8. The molecule has 1 N–H and O–H groups in total. The third-order valence-electron chi connectivity index (χ3n) is 3.34. The Morgan fingerprint density at radius 1 is 1.12 bits per heavy atom. The largest absolute Gasteiger partial charge is 0.379 e. The van der Waals surface area contributed by atoms with Crippen molar-refractivity contribution in [2.75, 3.05) is 5.75 Å². The lowest BCUT2D eigenvalue weighted by Crippen LogP contribution is -2.19. The molecule has 0 saturated carbocycles. The molecule has 1 heterocycles. The number of carbonyl (C=O) groups is 1. The normalized spacial score (nSPS) is 16.2. The fraction of sp³-hybridized carbons (Fsp3) is 0.118. The van der Waals surface area contributed by atoms with Crippen molar-refractivity contribution < 1.29 is 17.4 Å². The molecule has 0 aliphatic carbocycles. The first-order valence-corrected chi connectivity index (χ1v) is 9.97.